The molecular weight excluding hydrogens is 238 g/mol. The van der Waals surface area contributed by atoms with Crippen molar-refractivity contribution in [2.45, 2.75) is 31.2 Å². The molecule has 0 spiro atoms. The minimum Gasteiger partial charge on any atom is -0.345 e. The molecule has 0 heterocycles. The third kappa shape index (κ3) is 2.51. The minimum absolute atomic E-state index is 0.119. The van der Waals surface area contributed by atoms with E-state index in [-0.39, 0.29) is 11.1 Å². The van der Waals surface area contributed by atoms with E-state index in [1.54, 1.807) is 0 Å². The molecule has 5 heteroatoms. The molecule has 0 aromatic heterocycles. The second kappa shape index (κ2) is 5.02. The first-order valence-electron chi connectivity index (χ1n) is 6.04. The van der Waals surface area contributed by atoms with Gasteiger partial charge in [0, 0.05) is 12.1 Å². The van der Waals surface area contributed by atoms with Gasteiger partial charge in [-0.15, -0.1) is 0 Å². The number of hydrogen-bond acceptors (Lipinski definition) is 2. The SMILES string of the molecule is NCC1(NC(=O)c2ccc(F)c(F)c2)CCCC1. The van der Waals surface area contributed by atoms with Gasteiger partial charge >= 0.3 is 0 Å². The van der Waals surface area contributed by atoms with Gasteiger partial charge in [0.25, 0.3) is 5.91 Å². The van der Waals surface area contributed by atoms with Crippen LogP contribution in [0, 0.1) is 11.6 Å². The van der Waals surface area contributed by atoms with Crippen molar-refractivity contribution < 1.29 is 13.6 Å². The number of carbonyl (C=O) groups is 1. The van der Waals surface area contributed by atoms with Gasteiger partial charge in [-0.2, -0.15) is 0 Å². The Kier molecular flexibility index (Phi) is 3.61. The number of rotatable bonds is 3. The molecule has 0 radical (unpaired) electrons. The molecule has 0 atom stereocenters. The number of halogens is 2. The van der Waals surface area contributed by atoms with Crippen molar-refractivity contribution in [3.05, 3.63) is 35.4 Å². The van der Waals surface area contributed by atoms with Crippen LogP contribution >= 0.6 is 0 Å². The molecule has 1 aromatic rings. The molecule has 1 aliphatic rings. The van der Waals surface area contributed by atoms with E-state index >= 15 is 0 Å². The summed E-state index contributed by atoms with van der Waals surface area (Å²) in [5.41, 5.74) is 5.43. The van der Waals surface area contributed by atoms with Crippen LogP contribution in [0.25, 0.3) is 0 Å². The molecule has 1 fully saturated rings. The zero-order chi connectivity index (χ0) is 13.2. The molecule has 1 aromatic carbocycles. The van der Waals surface area contributed by atoms with E-state index in [1.165, 1.54) is 6.07 Å². The Morgan fingerprint density at radius 2 is 1.94 bits per heavy atom. The molecule has 98 valence electrons. The summed E-state index contributed by atoms with van der Waals surface area (Å²) in [6.45, 7) is 0.364. The highest BCUT2D eigenvalue weighted by molar-refractivity contribution is 5.94. The smallest absolute Gasteiger partial charge is 0.251 e. The number of carbonyl (C=O) groups excluding carboxylic acids is 1. The molecule has 1 aliphatic carbocycles. The highest BCUT2D eigenvalue weighted by atomic mass is 19.2. The summed E-state index contributed by atoms with van der Waals surface area (Å²) in [5.74, 6) is -2.38. The molecule has 0 aliphatic heterocycles. The first kappa shape index (κ1) is 13.0. The maximum absolute atomic E-state index is 13.1. The number of nitrogens with one attached hydrogen (secondary N) is 1. The highest BCUT2D eigenvalue weighted by Crippen LogP contribution is 2.29. The lowest BCUT2D eigenvalue weighted by molar-refractivity contribution is 0.0902. The van der Waals surface area contributed by atoms with Crippen molar-refractivity contribution >= 4 is 5.91 Å². The van der Waals surface area contributed by atoms with Crippen LogP contribution in [-0.4, -0.2) is 18.0 Å². The van der Waals surface area contributed by atoms with E-state index in [0.717, 1.165) is 37.8 Å². The van der Waals surface area contributed by atoms with Crippen molar-refractivity contribution in [1.82, 2.24) is 5.32 Å². The van der Waals surface area contributed by atoms with Crippen LogP contribution in [0.2, 0.25) is 0 Å². The predicted molar refractivity (Wildman–Crippen MR) is 64.1 cm³/mol. The average Bonchev–Trinajstić information content (AvgIpc) is 2.82. The molecule has 3 nitrogen and oxygen atoms in total. The Balaban J connectivity index is 2.13. The van der Waals surface area contributed by atoms with Crippen LogP contribution in [0.4, 0.5) is 8.78 Å². The van der Waals surface area contributed by atoms with Crippen molar-refractivity contribution in [3.63, 3.8) is 0 Å². The van der Waals surface area contributed by atoms with Crippen LogP contribution in [0.1, 0.15) is 36.0 Å². The van der Waals surface area contributed by atoms with Gasteiger partial charge in [-0.25, -0.2) is 8.78 Å². The molecular formula is C13H16F2N2O. The summed E-state index contributed by atoms with van der Waals surface area (Å²) >= 11 is 0. The van der Waals surface area contributed by atoms with E-state index in [0.29, 0.717) is 6.54 Å². The topological polar surface area (TPSA) is 55.1 Å². The molecule has 1 amide bonds. The Morgan fingerprint density at radius 3 is 2.50 bits per heavy atom. The summed E-state index contributed by atoms with van der Waals surface area (Å²) in [6.07, 6.45) is 3.71. The molecule has 2 rings (SSSR count). The number of amides is 1. The fraction of sp³-hybridized carbons (Fsp3) is 0.462. The monoisotopic (exact) mass is 254 g/mol. The molecule has 0 saturated heterocycles. The van der Waals surface area contributed by atoms with Gasteiger partial charge in [0.1, 0.15) is 0 Å². The van der Waals surface area contributed by atoms with Crippen molar-refractivity contribution in [3.8, 4) is 0 Å². The lowest BCUT2D eigenvalue weighted by Gasteiger charge is -2.28. The van der Waals surface area contributed by atoms with Gasteiger partial charge in [0.05, 0.1) is 5.54 Å². The minimum atomic E-state index is -1.02. The summed E-state index contributed by atoms with van der Waals surface area (Å²) in [7, 11) is 0. The lowest BCUT2D eigenvalue weighted by Crippen LogP contribution is -2.51. The highest BCUT2D eigenvalue weighted by Gasteiger charge is 2.34. The molecule has 1 saturated carbocycles. The first-order chi connectivity index (χ1) is 8.56. The average molecular weight is 254 g/mol. The second-order valence-electron chi connectivity index (χ2n) is 4.77. The fourth-order valence-corrected chi connectivity index (χ4v) is 2.38. The van der Waals surface area contributed by atoms with E-state index in [9.17, 15) is 13.6 Å². The molecule has 0 unspecified atom stereocenters. The zero-order valence-electron chi connectivity index (χ0n) is 10.0. The largest absolute Gasteiger partial charge is 0.345 e. The third-order valence-electron chi connectivity index (χ3n) is 3.51. The Labute approximate surface area is 104 Å². The summed E-state index contributed by atoms with van der Waals surface area (Å²) in [6, 6.07) is 3.13. The van der Waals surface area contributed by atoms with Crippen LogP contribution in [0.15, 0.2) is 18.2 Å². The maximum Gasteiger partial charge on any atom is 0.251 e. The van der Waals surface area contributed by atoms with E-state index in [4.69, 9.17) is 5.73 Å². The molecule has 18 heavy (non-hydrogen) atoms. The van der Waals surface area contributed by atoms with Gasteiger partial charge < -0.3 is 11.1 Å². The van der Waals surface area contributed by atoms with Crippen molar-refractivity contribution in [1.29, 1.82) is 0 Å². The third-order valence-corrected chi connectivity index (χ3v) is 3.51. The van der Waals surface area contributed by atoms with Gasteiger partial charge in [-0.3, -0.25) is 4.79 Å². The van der Waals surface area contributed by atoms with Crippen molar-refractivity contribution in [2.75, 3.05) is 6.54 Å². The quantitative estimate of drug-likeness (QED) is 0.866. The normalized spacial score (nSPS) is 17.7. The lowest BCUT2D eigenvalue weighted by atomic mass is 9.97. The van der Waals surface area contributed by atoms with Crippen LogP contribution in [0.3, 0.4) is 0 Å². The molecule has 3 N–H and O–H groups in total. The van der Waals surface area contributed by atoms with Gasteiger partial charge in [-0.1, -0.05) is 12.8 Å². The Morgan fingerprint density at radius 1 is 1.28 bits per heavy atom. The van der Waals surface area contributed by atoms with Crippen LogP contribution in [0.5, 0.6) is 0 Å². The fourth-order valence-electron chi connectivity index (χ4n) is 2.38. The predicted octanol–water partition coefficient (Wildman–Crippen LogP) is 1.97. The van der Waals surface area contributed by atoms with Crippen LogP contribution in [-0.2, 0) is 0 Å². The van der Waals surface area contributed by atoms with Gasteiger partial charge in [-0.05, 0) is 31.0 Å². The molecule has 0 bridgehead atoms. The number of nitrogens with two attached hydrogens (primary N) is 1. The maximum atomic E-state index is 13.1. The number of hydrogen-bond donors (Lipinski definition) is 2. The van der Waals surface area contributed by atoms with E-state index < -0.39 is 17.5 Å². The summed E-state index contributed by atoms with van der Waals surface area (Å²) < 4.78 is 25.8. The number of benzene rings is 1. The standard InChI is InChI=1S/C13H16F2N2O/c14-10-4-3-9(7-11(10)15)12(18)17-13(8-16)5-1-2-6-13/h3-4,7H,1-2,5-6,8,16H2,(H,17,18). The van der Waals surface area contributed by atoms with Crippen LogP contribution < -0.4 is 11.1 Å². The van der Waals surface area contributed by atoms with Gasteiger partial charge in [0.15, 0.2) is 11.6 Å². The first-order valence-corrected chi connectivity index (χ1v) is 6.04. The summed E-state index contributed by atoms with van der Waals surface area (Å²) in [5, 5.41) is 2.85. The van der Waals surface area contributed by atoms with Gasteiger partial charge in [0.2, 0.25) is 0 Å². The second-order valence-corrected chi connectivity index (χ2v) is 4.77. The Hall–Kier alpha value is -1.49. The van der Waals surface area contributed by atoms with Crippen molar-refractivity contribution in [2.24, 2.45) is 5.73 Å². The summed E-state index contributed by atoms with van der Waals surface area (Å²) in [4.78, 5) is 12.0. The Bertz CT molecular complexity index is 456. The zero-order valence-corrected chi connectivity index (χ0v) is 10.0. The van der Waals surface area contributed by atoms with E-state index in [2.05, 4.69) is 5.32 Å². The van der Waals surface area contributed by atoms with E-state index in [1.807, 2.05) is 0 Å².